The molecule has 3 heteroatoms. The Morgan fingerprint density at radius 3 is 2.31 bits per heavy atom. The number of nitrogens with one attached hydrogen (secondary N) is 1. The number of hydrogen-bond acceptors (Lipinski definition) is 2. The number of benzene rings is 1. The highest BCUT2D eigenvalue weighted by molar-refractivity contribution is 5.85. The Morgan fingerprint density at radius 1 is 1.25 bits per heavy atom. The van der Waals surface area contributed by atoms with Crippen LogP contribution in [0.1, 0.15) is 11.1 Å². The van der Waals surface area contributed by atoms with Crippen molar-refractivity contribution in [2.75, 3.05) is 13.6 Å². The van der Waals surface area contributed by atoms with Gasteiger partial charge in [0.15, 0.2) is 0 Å². The third kappa shape index (κ3) is 4.57. The molecule has 0 aliphatic heterocycles. The number of carboxylic acid groups (broad SMARTS) is 1. The molecule has 84 valence electrons. The fourth-order valence-corrected chi connectivity index (χ4v) is 1.20. The van der Waals surface area contributed by atoms with Crippen LogP contribution in [-0.4, -0.2) is 24.7 Å². The molecule has 16 heavy (non-hydrogen) atoms. The molecule has 0 saturated carbocycles. The summed E-state index contributed by atoms with van der Waals surface area (Å²) in [4.78, 5) is 10.3. The Morgan fingerprint density at radius 2 is 1.81 bits per heavy atom. The molecule has 1 aromatic carbocycles. The lowest BCUT2D eigenvalue weighted by atomic mass is 10.1. The van der Waals surface area contributed by atoms with Crippen LogP contribution in [0.15, 0.2) is 36.4 Å². The first-order valence-corrected chi connectivity index (χ1v) is 5.04. The van der Waals surface area contributed by atoms with Crippen molar-refractivity contribution in [3.8, 4) is 0 Å². The fourth-order valence-electron chi connectivity index (χ4n) is 1.20. The van der Waals surface area contributed by atoms with Gasteiger partial charge in [0.1, 0.15) is 0 Å². The molecule has 0 heterocycles. The average molecular weight is 217 g/mol. The van der Waals surface area contributed by atoms with Gasteiger partial charge < -0.3 is 10.4 Å². The lowest BCUT2D eigenvalue weighted by Crippen LogP contribution is -2.03. The van der Waals surface area contributed by atoms with Crippen LogP contribution in [-0.2, 0) is 4.79 Å². The van der Waals surface area contributed by atoms with Crippen molar-refractivity contribution in [2.45, 2.75) is 0 Å². The second-order valence-corrected chi connectivity index (χ2v) is 3.30. The van der Waals surface area contributed by atoms with Crippen molar-refractivity contribution >= 4 is 18.1 Å². The van der Waals surface area contributed by atoms with Crippen LogP contribution in [0.25, 0.3) is 12.2 Å². The molecule has 0 saturated heterocycles. The number of likely N-dealkylation sites (N-methyl/N-ethyl adjacent to an activating group) is 1. The summed E-state index contributed by atoms with van der Waals surface area (Å²) < 4.78 is 0. The molecular formula is C13H15NO2. The van der Waals surface area contributed by atoms with E-state index in [4.69, 9.17) is 5.11 Å². The fraction of sp³-hybridized carbons (Fsp3) is 0.154. The molecule has 1 rings (SSSR count). The number of aliphatic carboxylic acids is 1. The molecule has 2 N–H and O–H groups in total. The van der Waals surface area contributed by atoms with Gasteiger partial charge >= 0.3 is 5.97 Å². The molecule has 0 aromatic heterocycles. The van der Waals surface area contributed by atoms with Crippen LogP contribution >= 0.6 is 0 Å². The predicted molar refractivity (Wildman–Crippen MR) is 66.1 cm³/mol. The van der Waals surface area contributed by atoms with Gasteiger partial charge in [-0.05, 0) is 24.3 Å². The van der Waals surface area contributed by atoms with Crippen molar-refractivity contribution < 1.29 is 9.90 Å². The predicted octanol–water partition coefficient (Wildman–Crippen LogP) is 2.02. The standard InChI is InChI=1S/C13H15NO2/c1-14-10-2-3-11-4-6-12(7-5-11)8-9-13(15)16/h2-9,14H,10H2,1H3,(H,15,16)/b3-2?,9-8+. The molecular weight excluding hydrogens is 202 g/mol. The minimum atomic E-state index is -0.932. The van der Waals surface area contributed by atoms with E-state index in [1.807, 2.05) is 43.5 Å². The van der Waals surface area contributed by atoms with E-state index in [0.717, 1.165) is 23.7 Å². The summed E-state index contributed by atoms with van der Waals surface area (Å²) in [5.74, 6) is -0.932. The normalized spacial score (nSPS) is 11.3. The van der Waals surface area contributed by atoms with E-state index >= 15 is 0 Å². The highest BCUT2D eigenvalue weighted by atomic mass is 16.4. The van der Waals surface area contributed by atoms with E-state index < -0.39 is 5.97 Å². The molecule has 0 unspecified atom stereocenters. The molecule has 0 aliphatic rings. The summed E-state index contributed by atoms with van der Waals surface area (Å²) in [6.07, 6.45) is 6.75. The maximum absolute atomic E-state index is 10.3. The summed E-state index contributed by atoms with van der Waals surface area (Å²) in [6, 6.07) is 7.68. The number of rotatable bonds is 5. The third-order valence-corrected chi connectivity index (χ3v) is 1.99. The molecule has 0 bridgehead atoms. The van der Waals surface area contributed by atoms with Crippen LogP contribution in [0, 0.1) is 0 Å². The Bertz CT molecular complexity index is 391. The van der Waals surface area contributed by atoms with Crippen molar-refractivity contribution in [1.29, 1.82) is 0 Å². The maximum Gasteiger partial charge on any atom is 0.328 e. The molecule has 3 nitrogen and oxygen atoms in total. The first kappa shape index (κ1) is 12.2. The number of hydrogen-bond donors (Lipinski definition) is 2. The Balaban J connectivity index is 2.64. The van der Waals surface area contributed by atoms with Gasteiger partial charge in [0, 0.05) is 12.6 Å². The van der Waals surface area contributed by atoms with Crippen molar-refractivity contribution in [3.05, 3.63) is 47.5 Å². The van der Waals surface area contributed by atoms with E-state index in [0.29, 0.717) is 0 Å². The van der Waals surface area contributed by atoms with Gasteiger partial charge in [0.25, 0.3) is 0 Å². The van der Waals surface area contributed by atoms with Crippen LogP contribution < -0.4 is 5.32 Å². The highest BCUT2D eigenvalue weighted by Gasteiger charge is 1.90. The highest BCUT2D eigenvalue weighted by Crippen LogP contribution is 2.07. The van der Waals surface area contributed by atoms with E-state index in [1.165, 1.54) is 0 Å². The summed E-state index contributed by atoms with van der Waals surface area (Å²) in [6.45, 7) is 0.834. The quantitative estimate of drug-likeness (QED) is 0.742. The van der Waals surface area contributed by atoms with Crippen LogP contribution in [0.5, 0.6) is 0 Å². The van der Waals surface area contributed by atoms with E-state index in [1.54, 1.807) is 6.08 Å². The van der Waals surface area contributed by atoms with Crippen molar-refractivity contribution in [1.82, 2.24) is 5.32 Å². The number of carboxylic acids is 1. The van der Waals surface area contributed by atoms with Gasteiger partial charge in [-0.3, -0.25) is 0 Å². The largest absolute Gasteiger partial charge is 0.478 e. The zero-order chi connectivity index (χ0) is 11.8. The molecule has 0 atom stereocenters. The van der Waals surface area contributed by atoms with E-state index in [-0.39, 0.29) is 0 Å². The lowest BCUT2D eigenvalue weighted by Gasteiger charge is -1.95. The number of carbonyl (C=O) groups is 1. The molecule has 0 aliphatic carbocycles. The van der Waals surface area contributed by atoms with Gasteiger partial charge in [0.05, 0.1) is 0 Å². The first-order valence-electron chi connectivity index (χ1n) is 5.04. The maximum atomic E-state index is 10.3. The Kier molecular flexibility index (Phi) is 5.02. The molecule has 1 aromatic rings. The second kappa shape index (κ2) is 6.58. The van der Waals surface area contributed by atoms with Gasteiger partial charge in [-0.2, -0.15) is 0 Å². The average Bonchev–Trinajstić information content (AvgIpc) is 2.28. The molecule has 0 radical (unpaired) electrons. The minimum Gasteiger partial charge on any atom is -0.478 e. The summed E-state index contributed by atoms with van der Waals surface area (Å²) >= 11 is 0. The van der Waals surface area contributed by atoms with Crippen LogP contribution in [0.4, 0.5) is 0 Å². The van der Waals surface area contributed by atoms with Crippen LogP contribution in [0.3, 0.4) is 0 Å². The Labute approximate surface area is 95.1 Å². The summed E-state index contributed by atoms with van der Waals surface area (Å²) in [7, 11) is 1.89. The minimum absolute atomic E-state index is 0.834. The summed E-state index contributed by atoms with van der Waals surface area (Å²) in [5, 5.41) is 11.5. The smallest absolute Gasteiger partial charge is 0.328 e. The van der Waals surface area contributed by atoms with Crippen LogP contribution in [0.2, 0.25) is 0 Å². The van der Waals surface area contributed by atoms with Crippen molar-refractivity contribution in [2.24, 2.45) is 0 Å². The van der Waals surface area contributed by atoms with E-state index in [9.17, 15) is 4.79 Å². The zero-order valence-electron chi connectivity index (χ0n) is 9.18. The second-order valence-electron chi connectivity index (χ2n) is 3.30. The SMILES string of the molecule is CNCC=Cc1ccc(/C=C/C(=O)O)cc1. The topological polar surface area (TPSA) is 49.3 Å². The summed E-state index contributed by atoms with van der Waals surface area (Å²) in [5.41, 5.74) is 1.98. The van der Waals surface area contributed by atoms with Gasteiger partial charge in [-0.25, -0.2) is 4.79 Å². The molecule has 0 fully saturated rings. The lowest BCUT2D eigenvalue weighted by molar-refractivity contribution is -0.131. The first-order chi connectivity index (χ1) is 7.72. The van der Waals surface area contributed by atoms with Gasteiger partial charge in [0.2, 0.25) is 0 Å². The molecule has 0 amide bonds. The van der Waals surface area contributed by atoms with Gasteiger partial charge in [-0.1, -0.05) is 36.4 Å². The van der Waals surface area contributed by atoms with Gasteiger partial charge in [-0.15, -0.1) is 0 Å². The Hall–Kier alpha value is -1.87. The van der Waals surface area contributed by atoms with Crippen molar-refractivity contribution in [3.63, 3.8) is 0 Å². The monoisotopic (exact) mass is 217 g/mol. The van der Waals surface area contributed by atoms with E-state index in [2.05, 4.69) is 5.32 Å². The zero-order valence-corrected chi connectivity index (χ0v) is 9.18. The third-order valence-electron chi connectivity index (χ3n) is 1.99. The molecule has 0 spiro atoms.